The summed E-state index contributed by atoms with van der Waals surface area (Å²) in [6.07, 6.45) is 0.843. The molecule has 106 valence electrons. The Labute approximate surface area is 122 Å². The normalized spacial score (nSPS) is 10.1. The number of amides is 2. The first-order chi connectivity index (χ1) is 9.70. The molecule has 2 amide bonds. The third-order valence-corrected chi connectivity index (χ3v) is 3.87. The zero-order valence-electron chi connectivity index (χ0n) is 11.6. The Morgan fingerprint density at radius 3 is 2.85 bits per heavy atom. The van der Waals surface area contributed by atoms with Crippen molar-refractivity contribution < 1.29 is 9.53 Å². The quantitative estimate of drug-likeness (QED) is 0.886. The molecule has 0 unspecified atom stereocenters. The maximum absolute atomic E-state index is 11.9. The second-order valence-electron chi connectivity index (χ2n) is 4.36. The molecule has 0 aliphatic heterocycles. The van der Waals surface area contributed by atoms with Gasteiger partial charge >= 0.3 is 6.03 Å². The average Bonchev–Trinajstić information content (AvgIpc) is 2.94. The molecule has 0 saturated carbocycles. The molecule has 0 saturated heterocycles. The smallest absolute Gasteiger partial charge is 0.319 e. The van der Waals surface area contributed by atoms with E-state index in [1.165, 1.54) is 4.88 Å². The number of thiophene rings is 1. The topological polar surface area (TPSA) is 50.4 Å². The minimum atomic E-state index is -0.214. The highest BCUT2D eigenvalue weighted by Crippen LogP contribution is 2.27. The number of rotatable bonds is 5. The number of methoxy groups -OCH3 is 1. The summed E-state index contributed by atoms with van der Waals surface area (Å²) in [4.78, 5) is 13.1. The number of urea groups is 1. The van der Waals surface area contributed by atoms with Crippen LogP contribution in [0.2, 0.25) is 0 Å². The Morgan fingerprint density at radius 1 is 1.30 bits per heavy atom. The molecule has 0 atom stereocenters. The lowest BCUT2D eigenvalue weighted by molar-refractivity contribution is 0.252. The van der Waals surface area contributed by atoms with Gasteiger partial charge in [-0.15, -0.1) is 11.3 Å². The number of carbonyl (C=O) groups excluding carboxylic acids is 1. The monoisotopic (exact) mass is 290 g/mol. The number of anilines is 1. The fourth-order valence-corrected chi connectivity index (χ4v) is 2.59. The second-order valence-corrected chi connectivity index (χ2v) is 5.39. The Bertz CT molecular complexity index is 567. The maximum Gasteiger partial charge on any atom is 0.319 e. The van der Waals surface area contributed by atoms with E-state index in [1.807, 2.05) is 36.6 Å². The predicted octanol–water partition coefficient (Wildman–Crippen LogP) is 3.43. The minimum Gasteiger partial charge on any atom is -0.495 e. The minimum absolute atomic E-state index is 0.214. The summed E-state index contributed by atoms with van der Waals surface area (Å²) >= 11 is 1.70. The van der Waals surface area contributed by atoms with Crippen molar-refractivity contribution >= 4 is 23.1 Å². The standard InChI is InChI=1S/C15H18N2O2S/c1-11-5-3-7-13(19-2)14(11)17-15(18)16-9-8-12-6-4-10-20-12/h3-7,10H,8-9H2,1-2H3,(H2,16,17,18). The summed E-state index contributed by atoms with van der Waals surface area (Å²) in [6.45, 7) is 2.55. The molecule has 20 heavy (non-hydrogen) atoms. The number of hydrogen-bond acceptors (Lipinski definition) is 3. The van der Waals surface area contributed by atoms with Crippen LogP contribution in [0.15, 0.2) is 35.7 Å². The molecule has 2 N–H and O–H groups in total. The Balaban J connectivity index is 1.88. The summed E-state index contributed by atoms with van der Waals surface area (Å²) in [5.74, 6) is 0.665. The number of aryl methyl sites for hydroxylation is 1. The van der Waals surface area contributed by atoms with Crippen molar-refractivity contribution in [2.75, 3.05) is 19.0 Å². The Kier molecular flexibility index (Phi) is 5.01. The van der Waals surface area contributed by atoms with Crippen molar-refractivity contribution in [3.8, 4) is 5.75 Å². The summed E-state index contributed by atoms with van der Waals surface area (Å²) < 4.78 is 5.25. The number of hydrogen-bond donors (Lipinski definition) is 2. The van der Waals surface area contributed by atoms with Crippen LogP contribution in [0.3, 0.4) is 0 Å². The van der Waals surface area contributed by atoms with Gasteiger partial charge in [0.2, 0.25) is 0 Å². The molecule has 0 fully saturated rings. The molecule has 0 aliphatic carbocycles. The van der Waals surface area contributed by atoms with Gasteiger partial charge in [0.05, 0.1) is 12.8 Å². The highest BCUT2D eigenvalue weighted by atomic mass is 32.1. The van der Waals surface area contributed by atoms with E-state index >= 15 is 0 Å². The van der Waals surface area contributed by atoms with Crippen LogP contribution in [0.4, 0.5) is 10.5 Å². The molecular weight excluding hydrogens is 272 g/mol. The van der Waals surface area contributed by atoms with Gasteiger partial charge in [0.15, 0.2) is 0 Å². The van der Waals surface area contributed by atoms with E-state index in [2.05, 4.69) is 16.7 Å². The van der Waals surface area contributed by atoms with Gasteiger partial charge in [0, 0.05) is 11.4 Å². The van der Waals surface area contributed by atoms with Gasteiger partial charge in [-0.3, -0.25) is 0 Å². The lowest BCUT2D eigenvalue weighted by atomic mass is 10.2. The molecule has 0 bridgehead atoms. The van der Waals surface area contributed by atoms with E-state index in [4.69, 9.17) is 4.74 Å². The number of benzene rings is 1. The number of carbonyl (C=O) groups is 1. The lowest BCUT2D eigenvalue weighted by Gasteiger charge is -2.13. The Hall–Kier alpha value is -2.01. The van der Waals surface area contributed by atoms with Gasteiger partial charge in [-0.25, -0.2) is 4.79 Å². The van der Waals surface area contributed by atoms with Crippen molar-refractivity contribution in [3.05, 3.63) is 46.2 Å². The summed E-state index contributed by atoms with van der Waals surface area (Å²) in [5.41, 5.74) is 1.68. The molecule has 2 rings (SSSR count). The van der Waals surface area contributed by atoms with Crippen LogP contribution in [0, 0.1) is 6.92 Å². The highest BCUT2D eigenvalue weighted by molar-refractivity contribution is 7.09. The highest BCUT2D eigenvalue weighted by Gasteiger charge is 2.09. The third kappa shape index (κ3) is 3.74. The van der Waals surface area contributed by atoms with Crippen LogP contribution < -0.4 is 15.4 Å². The van der Waals surface area contributed by atoms with Crippen molar-refractivity contribution in [3.63, 3.8) is 0 Å². The average molecular weight is 290 g/mol. The fraction of sp³-hybridized carbons (Fsp3) is 0.267. The molecule has 1 heterocycles. The van der Waals surface area contributed by atoms with Gasteiger partial charge in [0.1, 0.15) is 5.75 Å². The first kappa shape index (κ1) is 14.4. The van der Waals surface area contributed by atoms with Crippen molar-refractivity contribution in [1.82, 2.24) is 5.32 Å². The summed E-state index contributed by atoms with van der Waals surface area (Å²) in [6, 6.07) is 9.52. The predicted molar refractivity (Wildman–Crippen MR) is 82.8 cm³/mol. The van der Waals surface area contributed by atoms with Crippen molar-refractivity contribution in [1.29, 1.82) is 0 Å². The first-order valence-electron chi connectivity index (χ1n) is 6.41. The molecular formula is C15H18N2O2S. The molecule has 1 aromatic heterocycles. The Morgan fingerprint density at radius 2 is 2.15 bits per heavy atom. The lowest BCUT2D eigenvalue weighted by Crippen LogP contribution is -2.30. The van der Waals surface area contributed by atoms with Gasteiger partial charge in [-0.05, 0) is 36.4 Å². The zero-order chi connectivity index (χ0) is 14.4. The SMILES string of the molecule is COc1cccc(C)c1NC(=O)NCCc1cccs1. The van der Waals surface area contributed by atoms with Crippen LogP contribution in [0.1, 0.15) is 10.4 Å². The largest absolute Gasteiger partial charge is 0.495 e. The van der Waals surface area contributed by atoms with Crippen LogP contribution in [0.5, 0.6) is 5.75 Å². The molecule has 0 radical (unpaired) electrons. The van der Waals surface area contributed by atoms with Gasteiger partial charge in [-0.1, -0.05) is 18.2 Å². The van der Waals surface area contributed by atoms with Crippen molar-refractivity contribution in [2.45, 2.75) is 13.3 Å². The number of ether oxygens (including phenoxy) is 1. The zero-order valence-corrected chi connectivity index (χ0v) is 12.4. The van der Waals surface area contributed by atoms with E-state index in [-0.39, 0.29) is 6.03 Å². The molecule has 4 nitrogen and oxygen atoms in total. The van der Waals surface area contributed by atoms with Crippen LogP contribution >= 0.6 is 11.3 Å². The number of para-hydroxylation sites is 1. The van der Waals surface area contributed by atoms with Crippen LogP contribution in [0.25, 0.3) is 0 Å². The van der Waals surface area contributed by atoms with Gasteiger partial charge in [-0.2, -0.15) is 0 Å². The van der Waals surface area contributed by atoms with Gasteiger partial charge in [0.25, 0.3) is 0 Å². The molecule has 1 aromatic carbocycles. The molecule has 5 heteroatoms. The summed E-state index contributed by atoms with van der Waals surface area (Å²) in [5, 5.41) is 7.72. The first-order valence-corrected chi connectivity index (χ1v) is 7.29. The van der Waals surface area contributed by atoms with E-state index in [9.17, 15) is 4.79 Å². The van der Waals surface area contributed by atoms with Crippen LogP contribution in [-0.2, 0) is 6.42 Å². The van der Waals surface area contributed by atoms with E-state index in [1.54, 1.807) is 18.4 Å². The van der Waals surface area contributed by atoms with Crippen molar-refractivity contribution in [2.24, 2.45) is 0 Å². The summed E-state index contributed by atoms with van der Waals surface area (Å²) in [7, 11) is 1.59. The van der Waals surface area contributed by atoms with E-state index < -0.39 is 0 Å². The van der Waals surface area contributed by atoms with E-state index in [0.717, 1.165) is 12.0 Å². The number of nitrogens with one attached hydrogen (secondary N) is 2. The third-order valence-electron chi connectivity index (χ3n) is 2.93. The molecule has 0 spiro atoms. The van der Waals surface area contributed by atoms with Gasteiger partial charge < -0.3 is 15.4 Å². The van der Waals surface area contributed by atoms with Crippen LogP contribution in [-0.4, -0.2) is 19.7 Å². The fourth-order valence-electron chi connectivity index (χ4n) is 1.88. The molecule has 2 aromatic rings. The molecule has 0 aliphatic rings. The second kappa shape index (κ2) is 6.96. The maximum atomic E-state index is 11.9. The van der Waals surface area contributed by atoms with E-state index in [0.29, 0.717) is 18.0 Å².